The number of hydrogen-bond acceptors (Lipinski definition) is 6. The molecule has 0 bridgehead atoms. The summed E-state index contributed by atoms with van der Waals surface area (Å²) in [5.41, 5.74) is 2.02. The van der Waals surface area contributed by atoms with Gasteiger partial charge >= 0.3 is 0 Å². The Morgan fingerprint density at radius 1 is 1.10 bits per heavy atom. The van der Waals surface area contributed by atoms with E-state index in [1.807, 2.05) is 19.1 Å². The number of phenolic OH excluding ortho intramolecular Hbond substituents is 1. The predicted octanol–water partition coefficient (Wildman–Crippen LogP) is 2.80. The van der Waals surface area contributed by atoms with Gasteiger partial charge in [0, 0.05) is 0 Å². The zero-order valence-electron chi connectivity index (χ0n) is 16.2. The van der Waals surface area contributed by atoms with E-state index < -0.39 is 11.8 Å². The molecule has 0 aromatic heterocycles. The molecule has 150 valence electrons. The van der Waals surface area contributed by atoms with Crippen LogP contribution in [0.2, 0.25) is 0 Å². The number of aryl methyl sites for hydroxylation is 1. The minimum Gasteiger partial charge on any atom is -0.502 e. The van der Waals surface area contributed by atoms with E-state index in [0.717, 1.165) is 12.0 Å². The van der Waals surface area contributed by atoms with Gasteiger partial charge in [-0.15, -0.1) is 0 Å². The number of phenols is 1. The number of hydrogen-bond donors (Lipinski definition) is 2. The molecule has 0 aliphatic carbocycles. The zero-order chi connectivity index (χ0) is 21.1. The summed E-state index contributed by atoms with van der Waals surface area (Å²) in [5, 5.41) is 12.6. The van der Waals surface area contributed by atoms with E-state index in [9.17, 15) is 14.7 Å². The normalized spacial score (nSPS) is 15.5. The molecule has 7 nitrogen and oxygen atoms in total. The Balaban J connectivity index is 2.03. The van der Waals surface area contributed by atoms with E-state index in [-0.39, 0.29) is 27.9 Å². The molecule has 2 aromatic carbocycles. The van der Waals surface area contributed by atoms with Gasteiger partial charge in [0.2, 0.25) is 5.75 Å². The maximum atomic E-state index is 13.1. The first-order valence-corrected chi connectivity index (χ1v) is 9.25. The molecule has 1 heterocycles. The van der Waals surface area contributed by atoms with Crippen molar-refractivity contribution < 1.29 is 24.2 Å². The predicted molar refractivity (Wildman–Crippen MR) is 113 cm³/mol. The number of thiocarbonyl (C=S) groups is 1. The van der Waals surface area contributed by atoms with Crippen LogP contribution < -0.4 is 19.7 Å². The number of ether oxygens (including phenoxy) is 2. The lowest BCUT2D eigenvalue weighted by atomic mass is 10.1. The van der Waals surface area contributed by atoms with Crippen LogP contribution in [-0.2, 0) is 16.0 Å². The first-order valence-electron chi connectivity index (χ1n) is 8.85. The van der Waals surface area contributed by atoms with Crippen molar-refractivity contribution in [3.8, 4) is 17.2 Å². The highest BCUT2D eigenvalue weighted by Crippen LogP contribution is 2.38. The summed E-state index contributed by atoms with van der Waals surface area (Å²) in [6.45, 7) is 2.03. The molecule has 0 atom stereocenters. The lowest BCUT2D eigenvalue weighted by molar-refractivity contribution is -0.122. The molecule has 1 fully saturated rings. The third-order valence-electron chi connectivity index (χ3n) is 4.52. The van der Waals surface area contributed by atoms with Crippen LogP contribution in [0.3, 0.4) is 0 Å². The fourth-order valence-corrected chi connectivity index (χ4v) is 3.22. The maximum absolute atomic E-state index is 13.1. The Kier molecular flexibility index (Phi) is 5.84. The van der Waals surface area contributed by atoms with Gasteiger partial charge in [-0.3, -0.25) is 19.8 Å². The van der Waals surface area contributed by atoms with Gasteiger partial charge in [-0.2, -0.15) is 0 Å². The monoisotopic (exact) mass is 412 g/mol. The summed E-state index contributed by atoms with van der Waals surface area (Å²) in [5.74, 6) is -1.01. The zero-order valence-corrected chi connectivity index (χ0v) is 17.0. The smallest absolute Gasteiger partial charge is 0.270 e. The number of benzene rings is 2. The molecule has 2 N–H and O–H groups in total. The molecular weight excluding hydrogens is 392 g/mol. The standard InChI is InChI=1S/C21H20N2O5S/c1-4-12-5-7-14(8-6-12)23-20(26)15(19(25)22-21(23)29)9-13-10-16(27-2)18(24)17(11-13)28-3/h5-11,24H,4H2,1-3H3,(H,22,25,29)/b15-9+. The minimum absolute atomic E-state index is 0.0160. The van der Waals surface area contributed by atoms with Gasteiger partial charge in [-0.25, -0.2) is 0 Å². The average molecular weight is 412 g/mol. The van der Waals surface area contributed by atoms with Crippen molar-refractivity contribution >= 4 is 40.9 Å². The number of carbonyl (C=O) groups excluding carboxylic acids is 2. The Morgan fingerprint density at radius 2 is 1.69 bits per heavy atom. The van der Waals surface area contributed by atoms with Crippen molar-refractivity contribution in [2.75, 3.05) is 19.1 Å². The summed E-state index contributed by atoms with van der Waals surface area (Å²) in [4.78, 5) is 26.8. The molecule has 0 unspecified atom stereocenters. The first kappa shape index (κ1) is 20.3. The average Bonchev–Trinajstić information content (AvgIpc) is 2.72. The molecule has 1 saturated heterocycles. The van der Waals surface area contributed by atoms with E-state index in [0.29, 0.717) is 11.3 Å². The summed E-state index contributed by atoms with van der Waals surface area (Å²) in [6, 6.07) is 10.4. The SMILES string of the molecule is CCc1ccc(N2C(=O)/C(=C/c3cc(OC)c(O)c(OC)c3)C(=O)NC2=S)cc1. The Morgan fingerprint density at radius 3 is 2.21 bits per heavy atom. The topological polar surface area (TPSA) is 88.1 Å². The van der Waals surface area contributed by atoms with Gasteiger partial charge in [0.15, 0.2) is 16.6 Å². The number of nitrogens with one attached hydrogen (secondary N) is 1. The summed E-state index contributed by atoms with van der Waals surface area (Å²) in [6.07, 6.45) is 2.27. The number of nitrogens with zero attached hydrogens (tertiary/aromatic N) is 1. The largest absolute Gasteiger partial charge is 0.502 e. The molecule has 0 radical (unpaired) electrons. The Bertz CT molecular complexity index is 989. The van der Waals surface area contributed by atoms with Crippen molar-refractivity contribution in [1.29, 1.82) is 0 Å². The second-order valence-electron chi connectivity index (χ2n) is 6.25. The summed E-state index contributed by atoms with van der Waals surface area (Å²) in [7, 11) is 2.79. The molecule has 2 aromatic rings. The van der Waals surface area contributed by atoms with E-state index in [4.69, 9.17) is 21.7 Å². The van der Waals surface area contributed by atoms with Gasteiger partial charge in [0.25, 0.3) is 11.8 Å². The van der Waals surface area contributed by atoms with Crippen molar-refractivity contribution in [3.63, 3.8) is 0 Å². The molecule has 2 amide bonds. The lowest BCUT2D eigenvalue weighted by Crippen LogP contribution is -2.54. The molecule has 0 saturated carbocycles. The Hall–Kier alpha value is -3.39. The first-order chi connectivity index (χ1) is 13.9. The van der Waals surface area contributed by atoms with E-state index >= 15 is 0 Å². The van der Waals surface area contributed by atoms with Crippen LogP contribution in [0.4, 0.5) is 5.69 Å². The molecule has 1 aliphatic heterocycles. The highest BCUT2D eigenvalue weighted by Gasteiger charge is 2.34. The number of amides is 2. The molecule has 3 rings (SSSR count). The molecule has 1 aliphatic rings. The van der Waals surface area contributed by atoms with Crippen LogP contribution in [0.25, 0.3) is 6.08 Å². The maximum Gasteiger partial charge on any atom is 0.270 e. The highest BCUT2D eigenvalue weighted by molar-refractivity contribution is 7.80. The van der Waals surface area contributed by atoms with E-state index in [1.54, 1.807) is 12.1 Å². The molecular formula is C21H20N2O5S. The van der Waals surface area contributed by atoms with Crippen LogP contribution >= 0.6 is 12.2 Å². The van der Waals surface area contributed by atoms with E-state index in [2.05, 4.69) is 5.32 Å². The van der Waals surface area contributed by atoms with Crippen LogP contribution in [0, 0.1) is 0 Å². The molecule has 0 spiro atoms. The Labute approximate surface area is 173 Å². The molecule has 29 heavy (non-hydrogen) atoms. The number of methoxy groups -OCH3 is 2. The second-order valence-corrected chi connectivity index (χ2v) is 6.64. The van der Waals surface area contributed by atoms with Gasteiger partial charge in [-0.05, 0) is 60.1 Å². The van der Waals surface area contributed by atoms with Crippen molar-refractivity contribution in [1.82, 2.24) is 5.32 Å². The number of carbonyl (C=O) groups is 2. The number of aromatic hydroxyl groups is 1. The fourth-order valence-electron chi connectivity index (χ4n) is 2.94. The molecule has 8 heteroatoms. The number of rotatable bonds is 5. The minimum atomic E-state index is -0.604. The quantitative estimate of drug-likeness (QED) is 0.446. The summed E-state index contributed by atoms with van der Waals surface area (Å²) >= 11 is 5.21. The van der Waals surface area contributed by atoms with Gasteiger partial charge in [0.1, 0.15) is 5.57 Å². The highest BCUT2D eigenvalue weighted by atomic mass is 32.1. The van der Waals surface area contributed by atoms with Crippen LogP contribution in [0.5, 0.6) is 17.2 Å². The van der Waals surface area contributed by atoms with Gasteiger partial charge in [0.05, 0.1) is 19.9 Å². The van der Waals surface area contributed by atoms with Gasteiger partial charge < -0.3 is 14.6 Å². The summed E-state index contributed by atoms with van der Waals surface area (Å²) < 4.78 is 10.2. The van der Waals surface area contributed by atoms with Crippen LogP contribution in [0.1, 0.15) is 18.1 Å². The second kappa shape index (κ2) is 8.32. The van der Waals surface area contributed by atoms with Gasteiger partial charge in [-0.1, -0.05) is 19.1 Å². The van der Waals surface area contributed by atoms with Crippen molar-refractivity contribution in [3.05, 3.63) is 53.1 Å². The van der Waals surface area contributed by atoms with E-state index in [1.165, 1.54) is 37.3 Å². The third kappa shape index (κ3) is 3.93. The number of anilines is 1. The lowest BCUT2D eigenvalue weighted by Gasteiger charge is -2.29. The van der Waals surface area contributed by atoms with Crippen molar-refractivity contribution in [2.24, 2.45) is 0 Å². The van der Waals surface area contributed by atoms with Crippen molar-refractivity contribution in [2.45, 2.75) is 13.3 Å². The van der Waals surface area contributed by atoms with Crippen LogP contribution in [0.15, 0.2) is 42.0 Å². The fraction of sp³-hybridized carbons (Fsp3) is 0.190. The third-order valence-corrected chi connectivity index (χ3v) is 4.80. The van der Waals surface area contributed by atoms with Crippen LogP contribution in [-0.4, -0.2) is 36.3 Å².